The summed E-state index contributed by atoms with van der Waals surface area (Å²) in [5.41, 5.74) is 0.921. The van der Waals surface area contributed by atoms with Gasteiger partial charge in [0.15, 0.2) is 0 Å². The van der Waals surface area contributed by atoms with Crippen molar-refractivity contribution < 1.29 is 14.8 Å². The zero-order chi connectivity index (χ0) is 12.3. The molecule has 0 heterocycles. The van der Waals surface area contributed by atoms with Crippen molar-refractivity contribution in [3.63, 3.8) is 0 Å². The Morgan fingerprint density at radius 3 is 2.69 bits per heavy atom. The summed E-state index contributed by atoms with van der Waals surface area (Å²) in [4.78, 5) is 20.8. The van der Waals surface area contributed by atoms with Gasteiger partial charge in [0.1, 0.15) is 11.7 Å². The Kier molecular flexibility index (Phi) is 3.44. The molecule has 1 atom stereocenters. The number of carboxylic acids is 1. The smallest absolute Gasteiger partial charge is 0.325 e. The molecule has 6 nitrogen and oxygen atoms in total. The van der Waals surface area contributed by atoms with Gasteiger partial charge in [0, 0.05) is 6.07 Å². The van der Waals surface area contributed by atoms with Gasteiger partial charge in [-0.25, -0.2) is 0 Å². The molecule has 0 saturated carbocycles. The normalized spacial score (nSPS) is 11.9. The average Bonchev–Trinajstić information content (AvgIpc) is 2.16. The topological polar surface area (TPSA) is 92.5 Å². The molecule has 0 fully saturated rings. The summed E-state index contributed by atoms with van der Waals surface area (Å²) in [6.45, 7) is 3.20. The molecule has 0 unspecified atom stereocenters. The predicted octanol–water partition coefficient (Wildman–Crippen LogP) is 1.79. The number of benzene rings is 1. The third-order valence-electron chi connectivity index (χ3n) is 2.09. The van der Waals surface area contributed by atoms with E-state index in [0.717, 1.165) is 5.56 Å². The molecule has 1 aromatic carbocycles. The van der Waals surface area contributed by atoms with Gasteiger partial charge in [-0.15, -0.1) is 0 Å². The van der Waals surface area contributed by atoms with Crippen LogP contribution >= 0.6 is 0 Å². The summed E-state index contributed by atoms with van der Waals surface area (Å²) in [6, 6.07) is 3.64. The van der Waals surface area contributed by atoms with E-state index in [2.05, 4.69) is 5.32 Å². The van der Waals surface area contributed by atoms with E-state index in [1.807, 2.05) is 0 Å². The molecule has 2 N–H and O–H groups in total. The van der Waals surface area contributed by atoms with Gasteiger partial charge in [0.05, 0.1) is 4.92 Å². The first-order valence-corrected chi connectivity index (χ1v) is 4.66. The first-order valence-electron chi connectivity index (χ1n) is 4.66. The van der Waals surface area contributed by atoms with Gasteiger partial charge < -0.3 is 10.4 Å². The van der Waals surface area contributed by atoms with Crippen molar-refractivity contribution in [2.24, 2.45) is 0 Å². The summed E-state index contributed by atoms with van der Waals surface area (Å²) < 4.78 is 0. The van der Waals surface area contributed by atoms with Gasteiger partial charge in [-0.3, -0.25) is 14.9 Å². The number of nitrogens with zero attached hydrogens (tertiary/aromatic N) is 1. The van der Waals surface area contributed by atoms with E-state index < -0.39 is 16.9 Å². The minimum Gasteiger partial charge on any atom is -0.480 e. The SMILES string of the molecule is Cc1ccc([N+](=O)[O-])c(N[C@@H](C)C(=O)O)c1. The molecule has 16 heavy (non-hydrogen) atoms. The van der Waals surface area contributed by atoms with E-state index in [9.17, 15) is 14.9 Å². The lowest BCUT2D eigenvalue weighted by Gasteiger charge is -2.11. The zero-order valence-corrected chi connectivity index (χ0v) is 8.93. The summed E-state index contributed by atoms with van der Waals surface area (Å²) >= 11 is 0. The van der Waals surface area contributed by atoms with Crippen LogP contribution < -0.4 is 5.32 Å². The number of carbonyl (C=O) groups is 1. The second-order valence-corrected chi connectivity index (χ2v) is 3.48. The molecule has 0 aliphatic heterocycles. The number of nitro groups is 1. The van der Waals surface area contributed by atoms with Crippen LogP contribution in [0.5, 0.6) is 0 Å². The molecule has 1 rings (SSSR count). The third-order valence-corrected chi connectivity index (χ3v) is 2.09. The Hall–Kier alpha value is -2.11. The van der Waals surface area contributed by atoms with Gasteiger partial charge in [0.2, 0.25) is 0 Å². The number of nitro benzene ring substituents is 1. The number of anilines is 1. The lowest BCUT2D eigenvalue weighted by atomic mass is 10.2. The molecule has 86 valence electrons. The van der Waals surface area contributed by atoms with E-state index in [-0.39, 0.29) is 11.4 Å². The van der Waals surface area contributed by atoms with Gasteiger partial charge in [-0.2, -0.15) is 0 Å². The fourth-order valence-electron chi connectivity index (χ4n) is 1.22. The van der Waals surface area contributed by atoms with Gasteiger partial charge in [0.25, 0.3) is 5.69 Å². The van der Waals surface area contributed by atoms with E-state index in [1.165, 1.54) is 13.0 Å². The van der Waals surface area contributed by atoms with Crippen LogP contribution in [0.25, 0.3) is 0 Å². The van der Waals surface area contributed by atoms with Crippen molar-refractivity contribution in [2.45, 2.75) is 19.9 Å². The minimum absolute atomic E-state index is 0.126. The first-order chi connectivity index (χ1) is 7.41. The summed E-state index contributed by atoms with van der Waals surface area (Å²) in [5, 5.41) is 22.0. The third kappa shape index (κ3) is 2.69. The predicted molar refractivity (Wildman–Crippen MR) is 58.6 cm³/mol. The Balaban J connectivity index is 3.05. The van der Waals surface area contributed by atoms with Crippen LogP contribution in [0.3, 0.4) is 0 Å². The van der Waals surface area contributed by atoms with E-state index >= 15 is 0 Å². The molecule has 0 amide bonds. The van der Waals surface area contributed by atoms with Crippen molar-refractivity contribution >= 4 is 17.3 Å². The van der Waals surface area contributed by atoms with Crippen LogP contribution in [0.4, 0.5) is 11.4 Å². The maximum Gasteiger partial charge on any atom is 0.325 e. The molecule has 0 bridgehead atoms. The van der Waals surface area contributed by atoms with Crippen LogP contribution in [0, 0.1) is 17.0 Å². The number of aryl methyl sites for hydroxylation is 1. The van der Waals surface area contributed by atoms with Crippen molar-refractivity contribution in [3.8, 4) is 0 Å². The van der Waals surface area contributed by atoms with Crippen molar-refractivity contribution in [1.82, 2.24) is 0 Å². The molecule has 1 aromatic rings. The van der Waals surface area contributed by atoms with Crippen molar-refractivity contribution in [2.75, 3.05) is 5.32 Å². The highest BCUT2D eigenvalue weighted by Gasteiger charge is 2.18. The van der Waals surface area contributed by atoms with Crippen LogP contribution in [0.1, 0.15) is 12.5 Å². The molecular weight excluding hydrogens is 212 g/mol. The quantitative estimate of drug-likeness (QED) is 0.600. The number of hydrogen-bond acceptors (Lipinski definition) is 4. The number of carboxylic acid groups (broad SMARTS) is 1. The molecule has 6 heteroatoms. The summed E-state index contributed by atoms with van der Waals surface area (Å²) in [6.07, 6.45) is 0. The molecule has 0 saturated heterocycles. The lowest BCUT2D eigenvalue weighted by molar-refractivity contribution is -0.384. The first kappa shape index (κ1) is 12.0. The fraction of sp³-hybridized carbons (Fsp3) is 0.300. The Labute approximate surface area is 92.0 Å². The average molecular weight is 224 g/mol. The molecule has 0 radical (unpaired) electrons. The Morgan fingerprint density at radius 2 is 2.19 bits per heavy atom. The number of aliphatic carboxylic acids is 1. The van der Waals surface area contributed by atoms with E-state index in [0.29, 0.717) is 0 Å². The fourth-order valence-corrected chi connectivity index (χ4v) is 1.22. The highest BCUT2D eigenvalue weighted by atomic mass is 16.6. The molecule has 0 aliphatic carbocycles. The highest BCUT2D eigenvalue weighted by Crippen LogP contribution is 2.25. The van der Waals surface area contributed by atoms with E-state index in [4.69, 9.17) is 5.11 Å². The molecule has 0 spiro atoms. The number of nitrogens with one attached hydrogen (secondary N) is 1. The van der Waals surface area contributed by atoms with Crippen LogP contribution in [0.2, 0.25) is 0 Å². The Bertz CT molecular complexity index is 431. The van der Waals surface area contributed by atoms with Crippen molar-refractivity contribution in [3.05, 3.63) is 33.9 Å². The highest BCUT2D eigenvalue weighted by molar-refractivity contribution is 5.78. The second-order valence-electron chi connectivity index (χ2n) is 3.48. The van der Waals surface area contributed by atoms with Crippen LogP contribution in [-0.4, -0.2) is 22.0 Å². The van der Waals surface area contributed by atoms with Crippen molar-refractivity contribution in [1.29, 1.82) is 0 Å². The maximum absolute atomic E-state index is 10.7. The zero-order valence-electron chi connectivity index (χ0n) is 8.93. The van der Waals surface area contributed by atoms with Crippen LogP contribution in [-0.2, 0) is 4.79 Å². The van der Waals surface area contributed by atoms with Crippen LogP contribution in [0.15, 0.2) is 18.2 Å². The van der Waals surface area contributed by atoms with E-state index in [1.54, 1.807) is 19.1 Å². The standard InChI is InChI=1S/C10H12N2O4/c1-6-3-4-9(12(15)16)8(5-6)11-7(2)10(13)14/h3-5,7,11H,1-2H3,(H,13,14)/t7-/m0/s1. The molecule has 0 aliphatic rings. The largest absolute Gasteiger partial charge is 0.480 e. The summed E-state index contributed by atoms with van der Waals surface area (Å²) in [7, 11) is 0. The molecular formula is C10H12N2O4. The minimum atomic E-state index is -1.06. The monoisotopic (exact) mass is 224 g/mol. The maximum atomic E-state index is 10.7. The summed E-state index contributed by atoms with van der Waals surface area (Å²) in [5.74, 6) is -1.06. The number of hydrogen-bond donors (Lipinski definition) is 2. The number of rotatable bonds is 4. The molecule has 0 aromatic heterocycles. The second kappa shape index (κ2) is 4.61. The Morgan fingerprint density at radius 1 is 1.56 bits per heavy atom. The van der Waals surface area contributed by atoms with Gasteiger partial charge in [-0.05, 0) is 25.5 Å². The lowest BCUT2D eigenvalue weighted by Crippen LogP contribution is -2.25. The van der Waals surface area contributed by atoms with Gasteiger partial charge in [-0.1, -0.05) is 6.07 Å². The van der Waals surface area contributed by atoms with Gasteiger partial charge >= 0.3 is 5.97 Å².